The van der Waals surface area contributed by atoms with Crippen LogP contribution in [0.3, 0.4) is 0 Å². The number of rotatable bonds is 5. The minimum absolute atomic E-state index is 0.00580. The van der Waals surface area contributed by atoms with E-state index in [1.807, 2.05) is 0 Å². The molecule has 5 heteroatoms. The summed E-state index contributed by atoms with van der Waals surface area (Å²) < 4.78 is 0. The van der Waals surface area contributed by atoms with Crippen LogP contribution in [-0.2, 0) is 4.79 Å². The highest BCUT2D eigenvalue weighted by Gasteiger charge is 2.14. The molecule has 0 aliphatic rings. The van der Waals surface area contributed by atoms with E-state index in [4.69, 9.17) is 23.0 Å². The van der Waals surface area contributed by atoms with Gasteiger partial charge in [-0.05, 0) is 17.7 Å². The Balaban J connectivity index is 2.90. The average Bonchev–Trinajstić information content (AvgIpc) is 2.28. The third-order valence-electron chi connectivity index (χ3n) is 2.41. The number of carbonyl (C=O) groups is 1. The maximum absolute atomic E-state index is 10.7. The molecule has 1 aromatic carbocycles. The van der Waals surface area contributed by atoms with E-state index in [2.05, 4.69) is 10.9 Å². The Bertz CT molecular complexity index is 482. The van der Waals surface area contributed by atoms with Gasteiger partial charge in [-0.2, -0.15) is 0 Å². The zero-order valence-electron chi connectivity index (χ0n) is 9.84. The van der Waals surface area contributed by atoms with Gasteiger partial charge in [-0.25, -0.2) is 4.99 Å². The molecule has 0 saturated heterocycles. The van der Waals surface area contributed by atoms with Crippen LogP contribution in [0.15, 0.2) is 29.3 Å². The summed E-state index contributed by atoms with van der Waals surface area (Å²) in [6, 6.07) is 7.01. The van der Waals surface area contributed by atoms with E-state index in [1.54, 1.807) is 24.3 Å². The molecule has 0 aromatic heterocycles. The Hall–Kier alpha value is -2.48. The summed E-state index contributed by atoms with van der Waals surface area (Å²) in [4.78, 5) is 14.6. The molecule has 0 amide bonds. The first kappa shape index (κ1) is 13.6. The quantitative estimate of drug-likeness (QED) is 0.411. The number of terminal acetylenes is 1. The molecule has 0 saturated carbocycles. The number of carboxylic acids is 1. The minimum Gasteiger partial charge on any atom is -0.481 e. The molecule has 0 radical (unpaired) electrons. The Morgan fingerprint density at radius 2 is 2.00 bits per heavy atom. The van der Waals surface area contributed by atoms with Crippen molar-refractivity contribution in [2.45, 2.75) is 18.8 Å². The molecule has 1 aromatic rings. The largest absolute Gasteiger partial charge is 0.481 e. The van der Waals surface area contributed by atoms with Crippen LogP contribution in [0.25, 0.3) is 0 Å². The minimum atomic E-state index is -0.872. The number of guanidine groups is 1. The van der Waals surface area contributed by atoms with E-state index in [0.717, 1.165) is 5.56 Å². The first-order valence-electron chi connectivity index (χ1n) is 5.37. The molecule has 1 atom stereocenters. The summed E-state index contributed by atoms with van der Waals surface area (Å²) >= 11 is 0. The number of nitrogens with two attached hydrogens (primary N) is 2. The smallest absolute Gasteiger partial charge is 0.303 e. The molecule has 0 spiro atoms. The monoisotopic (exact) mass is 245 g/mol. The van der Waals surface area contributed by atoms with Crippen LogP contribution in [0.4, 0.5) is 5.69 Å². The van der Waals surface area contributed by atoms with Crippen LogP contribution >= 0.6 is 0 Å². The summed E-state index contributed by atoms with van der Waals surface area (Å²) in [6.45, 7) is 0. The molecule has 0 bridgehead atoms. The van der Waals surface area contributed by atoms with Crippen molar-refractivity contribution < 1.29 is 9.90 Å². The highest BCUT2D eigenvalue weighted by Crippen LogP contribution is 2.25. The maximum Gasteiger partial charge on any atom is 0.303 e. The van der Waals surface area contributed by atoms with Crippen molar-refractivity contribution in [1.82, 2.24) is 0 Å². The molecule has 18 heavy (non-hydrogen) atoms. The molecule has 0 aliphatic heterocycles. The van der Waals surface area contributed by atoms with Gasteiger partial charge < -0.3 is 16.6 Å². The van der Waals surface area contributed by atoms with Crippen molar-refractivity contribution in [1.29, 1.82) is 0 Å². The molecular formula is C13H15N3O2. The summed E-state index contributed by atoms with van der Waals surface area (Å²) in [6.07, 6.45) is 5.63. The van der Waals surface area contributed by atoms with Crippen molar-refractivity contribution in [2.24, 2.45) is 16.5 Å². The standard InChI is InChI=1S/C13H15N3O2/c1-2-3-10(8-12(17)18)9-4-6-11(7-5-9)16-13(14)15/h1,4-7,10H,3,8H2,(H,17,18)(H4,14,15,16)/t10-/m0/s1. The third kappa shape index (κ3) is 4.18. The summed E-state index contributed by atoms with van der Waals surface area (Å²) in [7, 11) is 0. The molecule has 0 unspecified atom stereocenters. The van der Waals surface area contributed by atoms with Crippen LogP contribution in [0.5, 0.6) is 0 Å². The Morgan fingerprint density at radius 1 is 1.39 bits per heavy atom. The third-order valence-corrected chi connectivity index (χ3v) is 2.41. The van der Waals surface area contributed by atoms with Gasteiger partial charge in [-0.15, -0.1) is 12.3 Å². The van der Waals surface area contributed by atoms with Crippen molar-refractivity contribution in [3.8, 4) is 12.3 Å². The first-order chi connectivity index (χ1) is 8.52. The van der Waals surface area contributed by atoms with E-state index in [1.165, 1.54) is 0 Å². The molecular weight excluding hydrogens is 230 g/mol. The second kappa shape index (κ2) is 6.30. The number of hydrogen-bond acceptors (Lipinski definition) is 2. The SMILES string of the molecule is C#CC[C@@H](CC(=O)O)c1ccc(N=C(N)N)cc1. The van der Waals surface area contributed by atoms with E-state index in [-0.39, 0.29) is 18.3 Å². The second-order valence-electron chi connectivity index (χ2n) is 3.83. The summed E-state index contributed by atoms with van der Waals surface area (Å²) in [5, 5.41) is 8.82. The van der Waals surface area contributed by atoms with E-state index < -0.39 is 5.97 Å². The number of nitrogens with zero attached hydrogens (tertiary/aromatic N) is 1. The van der Waals surface area contributed by atoms with Crippen LogP contribution < -0.4 is 11.5 Å². The number of hydrogen-bond donors (Lipinski definition) is 3. The zero-order chi connectivity index (χ0) is 13.5. The highest BCUT2D eigenvalue weighted by molar-refractivity contribution is 5.79. The number of carboxylic acid groups (broad SMARTS) is 1. The normalized spacial score (nSPS) is 11.3. The molecule has 5 nitrogen and oxygen atoms in total. The predicted octanol–water partition coefficient (Wildman–Crippen LogP) is 1.17. The molecule has 0 fully saturated rings. The lowest BCUT2D eigenvalue weighted by molar-refractivity contribution is -0.137. The topological polar surface area (TPSA) is 102 Å². The van der Waals surface area contributed by atoms with Crippen molar-refractivity contribution >= 4 is 17.6 Å². The first-order valence-corrected chi connectivity index (χ1v) is 5.37. The van der Waals surface area contributed by atoms with E-state index in [9.17, 15) is 4.79 Å². The van der Waals surface area contributed by atoms with Crippen molar-refractivity contribution in [3.05, 3.63) is 29.8 Å². The van der Waals surface area contributed by atoms with Crippen molar-refractivity contribution in [3.63, 3.8) is 0 Å². The molecule has 94 valence electrons. The Kier molecular flexibility index (Phi) is 4.76. The molecule has 0 heterocycles. The van der Waals surface area contributed by atoms with Gasteiger partial charge >= 0.3 is 5.97 Å². The highest BCUT2D eigenvalue weighted by atomic mass is 16.4. The fraction of sp³-hybridized carbons (Fsp3) is 0.231. The maximum atomic E-state index is 10.7. The van der Waals surface area contributed by atoms with E-state index in [0.29, 0.717) is 12.1 Å². The molecule has 0 aliphatic carbocycles. The second-order valence-corrected chi connectivity index (χ2v) is 3.83. The molecule has 5 N–H and O–H groups in total. The van der Waals surface area contributed by atoms with Crippen LogP contribution in [0, 0.1) is 12.3 Å². The number of aliphatic carboxylic acids is 1. The summed E-state index contributed by atoms with van der Waals surface area (Å²) in [5.74, 6) is 1.40. The fourth-order valence-corrected chi connectivity index (χ4v) is 1.63. The van der Waals surface area contributed by atoms with Gasteiger partial charge in [-0.1, -0.05) is 12.1 Å². The Morgan fingerprint density at radius 3 is 2.44 bits per heavy atom. The van der Waals surface area contributed by atoms with E-state index >= 15 is 0 Å². The van der Waals surface area contributed by atoms with Crippen LogP contribution in [-0.4, -0.2) is 17.0 Å². The van der Waals surface area contributed by atoms with Crippen molar-refractivity contribution in [2.75, 3.05) is 0 Å². The van der Waals surface area contributed by atoms with Crippen LogP contribution in [0.2, 0.25) is 0 Å². The van der Waals surface area contributed by atoms with Gasteiger partial charge in [0.05, 0.1) is 12.1 Å². The lowest BCUT2D eigenvalue weighted by Gasteiger charge is -2.12. The number of aliphatic imine (C=N–C) groups is 1. The Labute approximate surface area is 106 Å². The average molecular weight is 245 g/mol. The lowest BCUT2D eigenvalue weighted by atomic mass is 9.93. The fourth-order valence-electron chi connectivity index (χ4n) is 1.63. The van der Waals surface area contributed by atoms with Gasteiger partial charge in [0.15, 0.2) is 5.96 Å². The van der Waals surface area contributed by atoms with Crippen LogP contribution in [0.1, 0.15) is 24.3 Å². The zero-order valence-corrected chi connectivity index (χ0v) is 9.84. The van der Waals surface area contributed by atoms with Gasteiger partial charge in [-0.3, -0.25) is 4.79 Å². The van der Waals surface area contributed by atoms with Gasteiger partial charge in [0.2, 0.25) is 0 Å². The lowest BCUT2D eigenvalue weighted by Crippen LogP contribution is -2.21. The van der Waals surface area contributed by atoms with Gasteiger partial charge in [0, 0.05) is 12.3 Å². The molecule has 1 rings (SSSR count). The van der Waals surface area contributed by atoms with Gasteiger partial charge in [0.25, 0.3) is 0 Å². The number of benzene rings is 1. The summed E-state index contributed by atoms with van der Waals surface area (Å²) in [5.41, 5.74) is 12.0. The predicted molar refractivity (Wildman–Crippen MR) is 70.4 cm³/mol. The van der Waals surface area contributed by atoms with Gasteiger partial charge in [0.1, 0.15) is 0 Å².